The monoisotopic (exact) mass is 945 g/mol. The van der Waals surface area contributed by atoms with Crippen LogP contribution in [0.1, 0.15) is 123 Å². The number of hydrogen-bond acceptors (Lipinski definition) is 12. The quantitative estimate of drug-likeness (QED) is 0.0687. The number of ketones is 1. The molecule has 4 N–H and O–H groups in total. The van der Waals surface area contributed by atoms with Crippen molar-refractivity contribution in [1.29, 1.82) is 0 Å². The van der Waals surface area contributed by atoms with E-state index in [2.05, 4.69) is 63.9 Å². The number of nitrogens with zero attached hydrogens (tertiary/aromatic N) is 2. The van der Waals surface area contributed by atoms with Crippen molar-refractivity contribution in [1.82, 2.24) is 15.5 Å². The molecular formula is C54H67N5O10. The van der Waals surface area contributed by atoms with E-state index >= 15 is 0 Å². The second-order valence-corrected chi connectivity index (χ2v) is 19.5. The van der Waals surface area contributed by atoms with E-state index in [0.717, 1.165) is 42.7 Å². The van der Waals surface area contributed by atoms with Gasteiger partial charge in [0.1, 0.15) is 11.6 Å². The van der Waals surface area contributed by atoms with Gasteiger partial charge in [0.15, 0.2) is 5.78 Å². The number of carbonyl (C=O) groups is 6. The molecule has 6 aliphatic rings. The molecule has 2 heterocycles. The predicted octanol–water partition coefficient (Wildman–Crippen LogP) is 5.63. The van der Waals surface area contributed by atoms with Gasteiger partial charge in [0, 0.05) is 81.9 Å². The van der Waals surface area contributed by atoms with Gasteiger partial charge in [-0.15, -0.1) is 5.92 Å². The standard InChI is InChI=1S/C54H67N5O10/c1-4-22-54(66)23-20-43-40-16-12-36-33-38(60)15-17-39(36)48(40)42(34-53(43,54)2)35-10-13-37(14-11-35)58(3)26-21-46(61)56-25-7-28-68-30-32-69-31-29-67-27-6-24-55-44-9-5-8-41-49(44)52(65)59(51(41)64)45-18-19-47(62)57-50(45)63/h5,8-11,13-14,33,40,42-43,45,55,66H,6-7,12,15-21,23-32,34H2,1-3H3,(H,56,61)(H,57,62,63)/t40-,42+,43-,45?,53-,54-/m0/s1. The van der Waals surface area contributed by atoms with Gasteiger partial charge in [-0.25, -0.2) is 0 Å². The first-order valence-corrected chi connectivity index (χ1v) is 24.9. The van der Waals surface area contributed by atoms with Crippen molar-refractivity contribution in [2.75, 3.05) is 76.5 Å². The van der Waals surface area contributed by atoms with Crippen LogP contribution in [0.5, 0.6) is 0 Å². The molecule has 2 aliphatic heterocycles. The summed E-state index contributed by atoms with van der Waals surface area (Å²) in [5.74, 6) is 5.24. The van der Waals surface area contributed by atoms with Crippen LogP contribution in [-0.4, -0.2) is 123 Å². The first-order valence-electron chi connectivity index (χ1n) is 24.9. The number of hydrogen-bond donors (Lipinski definition) is 4. The molecule has 15 nitrogen and oxygen atoms in total. The van der Waals surface area contributed by atoms with Gasteiger partial charge in [-0.3, -0.25) is 39.0 Å². The summed E-state index contributed by atoms with van der Waals surface area (Å²) in [4.78, 5) is 78.5. The Morgan fingerprint density at radius 3 is 2.33 bits per heavy atom. The second kappa shape index (κ2) is 22.0. The van der Waals surface area contributed by atoms with Crippen LogP contribution in [0.2, 0.25) is 0 Å². The van der Waals surface area contributed by atoms with Crippen LogP contribution in [0.3, 0.4) is 0 Å². The zero-order valence-electron chi connectivity index (χ0n) is 40.3. The van der Waals surface area contributed by atoms with Crippen LogP contribution < -0.4 is 20.9 Å². The normalized spacial score (nSPS) is 26.1. The molecule has 2 saturated carbocycles. The highest BCUT2D eigenvalue weighted by atomic mass is 16.5. The molecule has 1 saturated heterocycles. The molecule has 0 aromatic heterocycles. The molecule has 5 amide bonds. The molecule has 3 fully saturated rings. The number of carbonyl (C=O) groups excluding carboxylic acids is 6. The average Bonchev–Trinajstić information content (AvgIpc) is 3.75. The molecule has 6 atom stereocenters. The van der Waals surface area contributed by atoms with E-state index < -0.39 is 35.3 Å². The minimum atomic E-state index is -1.01. The summed E-state index contributed by atoms with van der Waals surface area (Å²) in [6, 6.07) is 12.7. The van der Waals surface area contributed by atoms with Crippen molar-refractivity contribution >= 4 is 46.7 Å². The molecule has 15 heteroatoms. The van der Waals surface area contributed by atoms with Crippen LogP contribution in [0, 0.1) is 29.1 Å². The highest BCUT2D eigenvalue weighted by Gasteiger charge is 2.62. The highest BCUT2D eigenvalue weighted by molar-refractivity contribution is 6.25. The first-order chi connectivity index (χ1) is 33.3. The fraction of sp³-hybridized carbons (Fsp3) is 0.556. The van der Waals surface area contributed by atoms with Gasteiger partial charge < -0.3 is 34.9 Å². The third-order valence-electron chi connectivity index (χ3n) is 15.4. The largest absolute Gasteiger partial charge is 0.384 e. The molecule has 0 radical (unpaired) electrons. The summed E-state index contributed by atoms with van der Waals surface area (Å²) in [7, 11) is 2.00. The minimum Gasteiger partial charge on any atom is -0.384 e. The van der Waals surface area contributed by atoms with Gasteiger partial charge in [-0.2, -0.15) is 0 Å². The Kier molecular flexibility index (Phi) is 15.8. The van der Waals surface area contributed by atoms with Crippen molar-refractivity contribution in [2.45, 2.75) is 108 Å². The molecule has 4 aliphatic carbocycles. The van der Waals surface area contributed by atoms with Crippen LogP contribution >= 0.6 is 0 Å². The lowest BCUT2D eigenvalue weighted by Crippen LogP contribution is -2.54. The van der Waals surface area contributed by atoms with Crippen LogP contribution in [-0.2, 0) is 33.4 Å². The maximum absolute atomic E-state index is 13.3. The lowest BCUT2D eigenvalue weighted by molar-refractivity contribution is -0.136. The summed E-state index contributed by atoms with van der Waals surface area (Å²) in [5, 5.41) is 20.4. The Balaban J connectivity index is 0.681. The van der Waals surface area contributed by atoms with Gasteiger partial charge in [0.05, 0.1) is 37.6 Å². The molecular weight excluding hydrogens is 879 g/mol. The summed E-state index contributed by atoms with van der Waals surface area (Å²) in [6.07, 6.45) is 9.54. The van der Waals surface area contributed by atoms with E-state index in [4.69, 9.17) is 14.2 Å². The average molecular weight is 946 g/mol. The number of amides is 5. The van der Waals surface area contributed by atoms with E-state index in [-0.39, 0.29) is 47.0 Å². The van der Waals surface area contributed by atoms with E-state index in [1.807, 2.05) is 20.0 Å². The van der Waals surface area contributed by atoms with Crippen molar-refractivity contribution in [2.24, 2.45) is 17.3 Å². The van der Waals surface area contributed by atoms with E-state index in [1.165, 1.54) is 22.3 Å². The van der Waals surface area contributed by atoms with Crippen LogP contribution in [0.25, 0.3) is 0 Å². The molecule has 2 aromatic rings. The number of anilines is 2. The molecule has 2 aromatic carbocycles. The van der Waals surface area contributed by atoms with E-state index in [9.17, 15) is 33.9 Å². The number of allylic oxidation sites excluding steroid dienone is 4. The third-order valence-corrected chi connectivity index (χ3v) is 15.4. The second-order valence-electron chi connectivity index (χ2n) is 19.5. The first kappa shape index (κ1) is 49.8. The van der Waals surface area contributed by atoms with Gasteiger partial charge in [0.25, 0.3) is 11.8 Å². The number of rotatable bonds is 21. The van der Waals surface area contributed by atoms with Crippen molar-refractivity contribution in [3.63, 3.8) is 0 Å². The van der Waals surface area contributed by atoms with Gasteiger partial charge >= 0.3 is 0 Å². The fourth-order valence-electron chi connectivity index (χ4n) is 11.8. The number of benzene rings is 2. The molecule has 8 rings (SSSR count). The number of imide groups is 2. The smallest absolute Gasteiger partial charge is 0.264 e. The Morgan fingerprint density at radius 1 is 0.884 bits per heavy atom. The fourth-order valence-corrected chi connectivity index (χ4v) is 11.8. The van der Waals surface area contributed by atoms with E-state index in [0.29, 0.717) is 109 Å². The predicted molar refractivity (Wildman–Crippen MR) is 259 cm³/mol. The van der Waals surface area contributed by atoms with E-state index in [1.54, 1.807) is 18.2 Å². The molecule has 368 valence electrons. The Hall–Kier alpha value is -5.66. The Labute approximate surface area is 405 Å². The summed E-state index contributed by atoms with van der Waals surface area (Å²) >= 11 is 0. The zero-order chi connectivity index (χ0) is 48.7. The number of aliphatic hydroxyl groups is 1. The number of fused-ring (bicyclic) bond motifs is 5. The molecule has 1 unspecified atom stereocenters. The number of piperidine rings is 1. The highest BCUT2D eigenvalue weighted by Crippen LogP contribution is 2.66. The summed E-state index contributed by atoms with van der Waals surface area (Å²) in [6.45, 7) is 8.30. The SMILES string of the molecule is CC#C[C@]1(O)CC[C@H]2[C@@H]3CCC4=CC(=O)CCC4=C3[C@@H](c3ccc(N(C)CCC(=O)NCCCOCCOCCOCCCNc4cccc5c4C(=O)N(C4CCC(=O)NC4=O)C5=O)cc3)C[C@@]21C. The van der Waals surface area contributed by atoms with Crippen LogP contribution in [0.15, 0.2) is 65.3 Å². The number of ether oxygens (including phenoxy) is 3. The number of nitrogens with one attached hydrogen (secondary N) is 3. The zero-order valence-corrected chi connectivity index (χ0v) is 40.3. The van der Waals surface area contributed by atoms with Gasteiger partial charge in [-0.05, 0) is 124 Å². The maximum Gasteiger partial charge on any atom is 0.264 e. The van der Waals surface area contributed by atoms with Crippen molar-refractivity contribution in [3.8, 4) is 11.8 Å². The topological polar surface area (TPSA) is 193 Å². The minimum absolute atomic E-state index is 0.0121. The van der Waals surface area contributed by atoms with Crippen molar-refractivity contribution < 1.29 is 48.1 Å². The Morgan fingerprint density at radius 2 is 1.61 bits per heavy atom. The third kappa shape index (κ3) is 10.6. The lowest BCUT2D eigenvalue weighted by Gasteiger charge is -2.53. The maximum atomic E-state index is 13.3. The van der Waals surface area contributed by atoms with Crippen LogP contribution in [0.4, 0.5) is 11.4 Å². The molecule has 0 bridgehead atoms. The van der Waals surface area contributed by atoms with Crippen molar-refractivity contribution in [3.05, 3.63) is 82.0 Å². The summed E-state index contributed by atoms with van der Waals surface area (Å²) in [5.41, 5.74) is 6.00. The van der Waals surface area contributed by atoms with Gasteiger partial charge in [-0.1, -0.05) is 36.6 Å². The Bertz CT molecular complexity index is 2440. The van der Waals surface area contributed by atoms with Gasteiger partial charge in [0.2, 0.25) is 17.7 Å². The molecule has 69 heavy (non-hydrogen) atoms. The molecule has 0 spiro atoms. The summed E-state index contributed by atoms with van der Waals surface area (Å²) < 4.78 is 17.0. The lowest BCUT2D eigenvalue weighted by atomic mass is 9.51.